The molecule has 0 saturated heterocycles. The van der Waals surface area contributed by atoms with Gasteiger partial charge in [0, 0.05) is 12.2 Å². The summed E-state index contributed by atoms with van der Waals surface area (Å²) in [5.74, 6) is 0.549. The van der Waals surface area contributed by atoms with E-state index in [0.29, 0.717) is 0 Å². The predicted octanol–water partition coefficient (Wildman–Crippen LogP) is 4.35. The molecule has 1 aromatic carbocycles. The highest BCUT2D eigenvalue weighted by Crippen LogP contribution is 2.46. The van der Waals surface area contributed by atoms with Gasteiger partial charge in [-0.2, -0.15) is 0 Å². The summed E-state index contributed by atoms with van der Waals surface area (Å²) in [7, 11) is 0. The minimum absolute atomic E-state index is 0.273. The molecular weight excluding hydrogens is 234 g/mol. The fourth-order valence-electron chi connectivity index (χ4n) is 2.87. The fourth-order valence-corrected chi connectivity index (χ4v) is 2.87. The average molecular weight is 259 g/mol. The number of anilines is 1. The van der Waals surface area contributed by atoms with Crippen molar-refractivity contribution in [2.45, 2.75) is 52.9 Å². The molecule has 0 radical (unpaired) electrons. The third-order valence-corrected chi connectivity index (χ3v) is 4.56. The first-order valence-electron chi connectivity index (χ1n) is 7.41. The van der Waals surface area contributed by atoms with Gasteiger partial charge in [0.05, 0.1) is 5.41 Å². The van der Waals surface area contributed by atoms with Gasteiger partial charge in [0.1, 0.15) is 0 Å². The number of benzene rings is 1. The van der Waals surface area contributed by atoms with Gasteiger partial charge in [-0.25, -0.2) is 0 Å². The van der Waals surface area contributed by atoms with Crippen molar-refractivity contribution in [3.8, 4) is 0 Å². The number of amides is 1. The van der Waals surface area contributed by atoms with Crippen LogP contribution in [0.1, 0.15) is 58.4 Å². The van der Waals surface area contributed by atoms with Crippen LogP contribution in [-0.2, 0) is 4.79 Å². The quantitative estimate of drug-likeness (QED) is 0.736. The summed E-state index contributed by atoms with van der Waals surface area (Å²) in [5.41, 5.74) is 2.12. The maximum Gasteiger partial charge on any atom is 0.233 e. The lowest BCUT2D eigenvalue weighted by Crippen LogP contribution is -2.48. The molecular formula is C17H25NO. The second kappa shape index (κ2) is 5.36. The molecule has 2 rings (SSSR count). The first-order valence-corrected chi connectivity index (χ1v) is 7.41. The van der Waals surface area contributed by atoms with Crippen molar-refractivity contribution in [1.82, 2.24) is 0 Å². The smallest absolute Gasteiger partial charge is 0.233 e. The summed E-state index contributed by atoms with van der Waals surface area (Å²) in [5, 5.41) is 0. The van der Waals surface area contributed by atoms with Gasteiger partial charge in [-0.05, 0) is 24.0 Å². The van der Waals surface area contributed by atoms with Crippen molar-refractivity contribution in [2.24, 2.45) is 5.41 Å². The van der Waals surface area contributed by atoms with E-state index < -0.39 is 0 Å². The Labute approximate surface area is 116 Å². The SMILES string of the molecule is CCCCCN1C(=O)C(C)(C)C(C)c2ccccc21. The topological polar surface area (TPSA) is 20.3 Å². The molecule has 2 nitrogen and oxygen atoms in total. The highest BCUT2D eigenvalue weighted by Gasteiger charge is 2.43. The van der Waals surface area contributed by atoms with Crippen molar-refractivity contribution in [1.29, 1.82) is 0 Å². The molecule has 0 spiro atoms. The van der Waals surface area contributed by atoms with Crippen LogP contribution in [0.2, 0.25) is 0 Å². The normalized spacial score (nSPS) is 21.4. The van der Waals surface area contributed by atoms with Gasteiger partial charge in [0.2, 0.25) is 5.91 Å². The van der Waals surface area contributed by atoms with Crippen LogP contribution in [0.4, 0.5) is 5.69 Å². The molecule has 0 aliphatic carbocycles. The molecule has 2 heteroatoms. The third-order valence-electron chi connectivity index (χ3n) is 4.56. The molecule has 0 bridgehead atoms. The van der Waals surface area contributed by atoms with E-state index in [1.807, 2.05) is 11.0 Å². The number of carbonyl (C=O) groups is 1. The maximum absolute atomic E-state index is 12.7. The van der Waals surface area contributed by atoms with Crippen LogP contribution in [0.3, 0.4) is 0 Å². The molecule has 19 heavy (non-hydrogen) atoms. The van der Waals surface area contributed by atoms with E-state index in [1.54, 1.807) is 0 Å². The Morgan fingerprint density at radius 2 is 1.89 bits per heavy atom. The molecule has 1 aromatic rings. The second-order valence-corrected chi connectivity index (χ2v) is 6.17. The fraction of sp³-hybridized carbons (Fsp3) is 0.588. The van der Waals surface area contributed by atoms with Crippen LogP contribution in [0.25, 0.3) is 0 Å². The van der Waals surface area contributed by atoms with E-state index in [1.165, 1.54) is 18.4 Å². The highest BCUT2D eigenvalue weighted by molar-refractivity contribution is 6.01. The van der Waals surface area contributed by atoms with Crippen molar-refractivity contribution >= 4 is 11.6 Å². The molecule has 1 aliphatic heterocycles. The van der Waals surface area contributed by atoms with Gasteiger partial charge >= 0.3 is 0 Å². The van der Waals surface area contributed by atoms with Crippen LogP contribution in [0, 0.1) is 5.41 Å². The van der Waals surface area contributed by atoms with E-state index in [9.17, 15) is 4.79 Å². The Balaban J connectivity index is 2.36. The third kappa shape index (κ3) is 2.41. The Bertz CT molecular complexity index is 464. The lowest BCUT2D eigenvalue weighted by Gasteiger charge is -2.43. The molecule has 1 unspecified atom stereocenters. The van der Waals surface area contributed by atoms with Gasteiger partial charge in [-0.1, -0.05) is 58.7 Å². The monoisotopic (exact) mass is 259 g/mol. The van der Waals surface area contributed by atoms with Gasteiger partial charge in [0.15, 0.2) is 0 Å². The van der Waals surface area contributed by atoms with Crippen molar-refractivity contribution in [3.63, 3.8) is 0 Å². The molecule has 1 heterocycles. The number of nitrogens with zero attached hydrogens (tertiary/aromatic N) is 1. The van der Waals surface area contributed by atoms with Gasteiger partial charge in [0.25, 0.3) is 0 Å². The van der Waals surface area contributed by atoms with Crippen molar-refractivity contribution in [3.05, 3.63) is 29.8 Å². The summed E-state index contributed by atoms with van der Waals surface area (Å²) in [6.07, 6.45) is 3.45. The van der Waals surface area contributed by atoms with E-state index in [4.69, 9.17) is 0 Å². The van der Waals surface area contributed by atoms with E-state index in [-0.39, 0.29) is 17.2 Å². The predicted molar refractivity (Wildman–Crippen MR) is 80.5 cm³/mol. The zero-order valence-electron chi connectivity index (χ0n) is 12.6. The van der Waals surface area contributed by atoms with E-state index in [2.05, 4.69) is 45.9 Å². The maximum atomic E-state index is 12.7. The molecule has 0 saturated carbocycles. The number of fused-ring (bicyclic) bond motifs is 1. The number of para-hydroxylation sites is 1. The number of carbonyl (C=O) groups excluding carboxylic acids is 1. The zero-order chi connectivity index (χ0) is 14.0. The Hall–Kier alpha value is -1.31. The van der Waals surface area contributed by atoms with Crippen LogP contribution in [0.5, 0.6) is 0 Å². The van der Waals surface area contributed by atoms with Gasteiger partial charge in [-0.3, -0.25) is 4.79 Å². The van der Waals surface area contributed by atoms with Crippen LogP contribution >= 0.6 is 0 Å². The number of hydrogen-bond acceptors (Lipinski definition) is 1. The summed E-state index contributed by atoms with van der Waals surface area (Å²) in [4.78, 5) is 14.7. The minimum Gasteiger partial charge on any atom is -0.312 e. The van der Waals surface area contributed by atoms with Crippen LogP contribution in [-0.4, -0.2) is 12.5 Å². The molecule has 0 N–H and O–H groups in total. The van der Waals surface area contributed by atoms with Gasteiger partial charge in [-0.15, -0.1) is 0 Å². The van der Waals surface area contributed by atoms with Gasteiger partial charge < -0.3 is 4.90 Å². The summed E-state index contributed by atoms with van der Waals surface area (Å²) < 4.78 is 0. The molecule has 0 fully saturated rings. The summed E-state index contributed by atoms with van der Waals surface area (Å²) >= 11 is 0. The Kier molecular flexibility index (Phi) is 3.98. The van der Waals surface area contributed by atoms with Crippen LogP contribution in [0.15, 0.2) is 24.3 Å². The summed E-state index contributed by atoms with van der Waals surface area (Å²) in [6, 6.07) is 8.36. The lowest BCUT2D eigenvalue weighted by molar-refractivity contribution is -0.128. The molecule has 1 amide bonds. The lowest BCUT2D eigenvalue weighted by atomic mass is 9.71. The van der Waals surface area contributed by atoms with E-state index in [0.717, 1.165) is 18.7 Å². The molecule has 104 valence electrons. The molecule has 1 atom stereocenters. The first kappa shape index (κ1) is 14.1. The standard InChI is InChI=1S/C17H25NO/c1-5-6-9-12-18-15-11-8-7-10-14(15)13(2)17(3,4)16(18)19/h7-8,10-11,13H,5-6,9,12H2,1-4H3. The van der Waals surface area contributed by atoms with Crippen LogP contribution < -0.4 is 4.90 Å². The largest absolute Gasteiger partial charge is 0.312 e. The van der Waals surface area contributed by atoms with Crippen molar-refractivity contribution < 1.29 is 4.79 Å². The highest BCUT2D eigenvalue weighted by atomic mass is 16.2. The average Bonchev–Trinajstić information content (AvgIpc) is 2.41. The minimum atomic E-state index is -0.305. The first-order chi connectivity index (χ1) is 9.00. The molecule has 0 aromatic heterocycles. The Morgan fingerprint density at radius 3 is 2.58 bits per heavy atom. The second-order valence-electron chi connectivity index (χ2n) is 6.17. The van der Waals surface area contributed by atoms with E-state index >= 15 is 0 Å². The number of hydrogen-bond donors (Lipinski definition) is 0. The Morgan fingerprint density at radius 1 is 1.21 bits per heavy atom. The number of rotatable bonds is 4. The number of unbranched alkanes of at least 4 members (excludes halogenated alkanes) is 2. The molecule has 1 aliphatic rings. The summed E-state index contributed by atoms with van der Waals surface area (Å²) in [6.45, 7) is 9.35. The zero-order valence-corrected chi connectivity index (χ0v) is 12.6. The van der Waals surface area contributed by atoms with Crippen molar-refractivity contribution in [2.75, 3.05) is 11.4 Å².